The highest BCUT2D eigenvalue weighted by molar-refractivity contribution is 6.02. The van der Waals surface area contributed by atoms with Crippen molar-refractivity contribution in [3.05, 3.63) is 35.9 Å². The molecule has 0 saturated carbocycles. The van der Waals surface area contributed by atoms with Crippen LogP contribution in [0.3, 0.4) is 0 Å². The van der Waals surface area contributed by atoms with Gasteiger partial charge in [-0.2, -0.15) is 0 Å². The first kappa shape index (κ1) is 14.0. The number of nitrogens with two attached hydrogens (primary N) is 1. The first-order chi connectivity index (χ1) is 8.56. The molecular formula is C13H19N3O2. The van der Waals surface area contributed by atoms with Crippen LogP contribution in [0.1, 0.15) is 19.4 Å². The molecule has 0 aromatic heterocycles. The Kier molecular flexibility index (Phi) is 5.17. The van der Waals surface area contributed by atoms with E-state index in [1.54, 1.807) is 0 Å². The molecular weight excluding hydrogens is 230 g/mol. The summed E-state index contributed by atoms with van der Waals surface area (Å²) in [5.41, 5.74) is 6.53. The van der Waals surface area contributed by atoms with Crippen molar-refractivity contribution in [1.29, 1.82) is 0 Å². The molecule has 98 valence electrons. The second-order valence-electron chi connectivity index (χ2n) is 4.45. The fraction of sp³-hybridized carbons (Fsp3) is 0.385. The molecule has 0 saturated heterocycles. The Morgan fingerprint density at radius 1 is 1.39 bits per heavy atom. The minimum atomic E-state index is -0.612. The molecule has 5 heteroatoms. The molecule has 0 aliphatic rings. The van der Waals surface area contributed by atoms with Crippen molar-refractivity contribution in [2.24, 2.45) is 22.7 Å². The van der Waals surface area contributed by atoms with Gasteiger partial charge in [0.05, 0.1) is 0 Å². The molecule has 0 fully saturated rings. The summed E-state index contributed by atoms with van der Waals surface area (Å²) in [5.74, 6) is -0.935. The molecule has 1 unspecified atom stereocenters. The van der Waals surface area contributed by atoms with Crippen LogP contribution in [0.15, 0.2) is 35.5 Å². The van der Waals surface area contributed by atoms with E-state index >= 15 is 0 Å². The first-order valence-electron chi connectivity index (χ1n) is 5.85. The first-order valence-corrected chi connectivity index (χ1v) is 5.85. The van der Waals surface area contributed by atoms with E-state index < -0.39 is 5.92 Å². The van der Waals surface area contributed by atoms with Gasteiger partial charge in [0.15, 0.2) is 5.84 Å². The summed E-state index contributed by atoms with van der Waals surface area (Å²) < 4.78 is 0. The molecule has 0 bridgehead atoms. The second-order valence-corrected chi connectivity index (χ2v) is 4.45. The Labute approximate surface area is 107 Å². The topological polar surface area (TPSA) is 87.7 Å². The number of oxime groups is 1. The predicted molar refractivity (Wildman–Crippen MR) is 70.0 cm³/mol. The zero-order chi connectivity index (χ0) is 13.5. The molecule has 1 amide bonds. The van der Waals surface area contributed by atoms with Crippen molar-refractivity contribution < 1.29 is 10.0 Å². The van der Waals surface area contributed by atoms with Crippen LogP contribution in [0.2, 0.25) is 0 Å². The normalized spacial score (nSPS) is 13.4. The van der Waals surface area contributed by atoms with Crippen molar-refractivity contribution in [3.63, 3.8) is 0 Å². The Morgan fingerprint density at radius 3 is 2.50 bits per heavy atom. The fourth-order valence-corrected chi connectivity index (χ4v) is 1.74. The number of nitrogens with one attached hydrogen (secondary N) is 1. The highest BCUT2D eigenvalue weighted by atomic mass is 16.4. The van der Waals surface area contributed by atoms with E-state index in [2.05, 4.69) is 10.5 Å². The number of amides is 1. The molecule has 18 heavy (non-hydrogen) atoms. The number of rotatable bonds is 5. The summed E-state index contributed by atoms with van der Waals surface area (Å²) in [7, 11) is 0. The summed E-state index contributed by atoms with van der Waals surface area (Å²) in [5, 5.41) is 14.4. The van der Waals surface area contributed by atoms with Gasteiger partial charge in [-0.1, -0.05) is 49.3 Å². The van der Waals surface area contributed by atoms with Gasteiger partial charge in [-0.15, -0.1) is 0 Å². The molecule has 0 aliphatic heterocycles. The van der Waals surface area contributed by atoms with Crippen LogP contribution in [0.5, 0.6) is 0 Å². The maximum absolute atomic E-state index is 12.0. The maximum Gasteiger partial charge on any atom is 0.231 e. The molecule has 0 aliphatic carbocycles. The molecule has 1 rings (SSSR count). The largest absolute Gasteiger partial charge is 0.409 e. The molecule has 1 atom stereocenters. The maximum atomic E-state index is 12.0. The van der Waals surface area contributed by atoms with Crippen molar-refractivity contribution in [2.45, 2.75) is 20.4 Å². The van der Waals surface area contributed by atoms with Gasteiger partial charge in [0.25, 0.3) is 0 Å². The zero-order valence-corrected chi connectivity index (χ0v) is 10.6. The van der Waals surface area contributed by atoms with E-state index in [0.29, 0.717) is 6.54 Å². The lowest BCUT2D eigenvalue weighted by Gasteiger charge is -2.18. The molecule has 0 spiro atoms. The van der Waals surface area contributed by atoms with Crippen LogP contribution in [-0.4, -0.2) is 17.0 Å². The number of benzene rings is 1. The summed E-state index contributed by atoms with van der Waals surface area (Å²) in [6.07, 6.45) is 0. The lowest BCUT2D eigenvalue weighted by Crippen LogP contribution is -2.41. The fourth-order valence-electron chi connectivity index (χ4n) is 1.74. The van der Waals surface area contributed by atoms with Gasteiger partial charge in [0.1, 0.15) is 5.92 Å². The quantitative estimate of drug-likeness (QED) is 0.318. The van der Waals surface area contributed by atoms with Gasteiger partial charge in [-0.25, -0.2) is 0 Å². The van der Waals surface area contributed by atoms with Gasteiger partial charge in [-0.05, 0) is 11.5 Å². The summed E-state index contributed by atoms with van der Waals surface area (Å²) >= 11 is 0. The van der Waals surface area contributed by atoms with Crippen LogP contribution < -0.4 is 11.1 Å². The van der Waals surface area contributed by atoms with Gasteiger partial charge in [0.2, 0.25) is 5.91 Å². The Balaban J connectivity index is 2.63. The van der Waals surface area contributed by atoms with E-state index in [4.69, 9.17) is 10.9 Å². The van der Waals surface area contributed by atoms with Crippen molar-refractivity contribution in [1.82, 2.24) is 5.32 Å². The third-order valence-electron chi connectivity index (χ3n) is 2.69. The van der Waals surface area contributed by atoms with Crippen molar-refractivity contribution >= 4 is 11.7 Å². The number of amidine groups is 1. The van der Waals surface area contributed by atoms with Crippen molar-refractivity contribution in [2.75, 3.05) is 0 Å². The van der Waals surface area contributed by atoms with Crippen molar-refractivity contribution in [3.8, 4) is 0 Å². The molecule has 1 aromatic rings. The Morgan fingerprint density at radius 2 is 2.00 bits per heavy atom. The van der Waals surface area contributed by atoms with E-state index in [0.717, 1.165) is 5.56 Å². The van der Waals surface area contributed by atoms with Crippen LogP contribution >= 0.6 is 0 Å². The van der Waals surface area contributed by atoms with E-state index in [1.165, 1.54) is 0 Å². The third kappa shape index (κ3) is 3.76. The molecule has 0 radical (unpaired) electrons. The average molecular weight is 249 g/mol. The molecule has 5 nitrogen and oxygen atoms in total. The highest BCUT2D eigenvalue weighted by Crippen LogP contribution is 2.11. The lowest BCUT2D eigenvalue weighted by molar-refractivity contribution is -0.124. The Bertz CT molecular complexity index is 416. The van der Waals surface area contributed by atoms with Crippen LogP contribution in [0.4, 0.5) is 0 Å². The number of nitrogens with zero attached hydrogens (tertiary/aromatic N) is 1. The molecule has 1 aromatic carbocycles. The summed E-state index contributed by atoms with van der Waals surface area (Å²) in [4.78, 5) is 12.0. The summed E-state index contributed by atoms with van der Waals surface area (Å²) in [6, 6.07) is 9.58. The monoisotopic (exact) mass is 249 g/mol. The van der Waals surface area contributed by atoms with E-state index in [-0.39, 0.29) is 17.7 Å². The van der Waals surface area contributed by atoms with E-state index in [9.17, 15) is 4.79 Å². The molecule has 0 heterocycles. The van der Waals surface area contributed by atoms with Gasteiger partial charge in [-0.3, -0.25) is 4.79 Å². The number of hydrogen-bond acceptors (Lipinski definition) is 3. The lowest BCUT2D eigenvalue weighted by atomic mass is 9.94. The standard InChI is InChI=1S/C13H19N3O2/c1-9(2)11(12(14)16-18)13(17)15-8-10-6-4-3-5-7-10/h3-7,9,11,18H,8H2,1-2H3,(H2,14,16)(H,15,17). The van der Waals surface area contributed by atoms with Crippen LogP contribution in [0, 0.1) is 11.8 Å². The Hall–Kier alpha value is -2.04. The minimum absolute atomic E-state index is 0.0309. The van der Waals surface area contributed by atoms with Gasteiger partial charge >= 0.3 is 0 Å². The summed E-state index contributed by atoms with van der Waals surface area (Å²) in [6.45, 7) is 4.14. The SMILES string of the molecule is CC(C)C(C(=O)NCc1ccccc1)/C(N)=N/O. The van der Waals surface area contributed by atoms with Crippen LogP contribution in [0.25, 0.3) is 0 Å². The zero-order valence-electron chi connectivity index (χ0n) is 10.6. The van der Waals surface area contributed by atoms with Gasteiger partial charge in [0, 0.05) is 6.54 Å². The van der Waals surface area contributed by atoms with Crippen LogP contribution in [-0.2, 0) is 11.3 Å². The average Bonchev–Trinajstić information content (AvgIpc) is 2.37. The third-order valence-corrected chi connectivity index (χ3v) is 2.69. The van der Waals surface area contributed by atoms with E-state index in [1.807, 2.05) is 44.2 Å². The van der Waals surface area contributed by atoms with Gasteiger partial charge < -0.3 is 16.3 Å². The number of carbonyl (C=O) groups excluding carboxylic acids is 1. The number of carbonyl (C=O) groups is 1. The second kappa shape index (κ2) is 6.64. The highest BCUT2D eigenvalue weighted by Gasteiger charge is 2.26. The minimum Gasteiger partial charge on any atom is -0.409 e. The number of hydrogen-bond donors (Lipinski definition) is 3. The smallest absolute Gasteiger partial charge is 0.231 e. The molecule has 4 N–H and O–H groups in total. The predicted octanol–water partition coefficient (Wildman–Crippen LogP) is 1.32.